The van der Waals surface area contributed by atoms with Crippen molar-refractivity contribution in [2.24, 2.45) is 0 Å². The number of carboxylic acid groups (broad SMARTS) is 1. The third kappa shape index (κ3) is 3.31. The molecule has 0 saturated heterocycles. The minimum absolute atomic E-state index is 0.0526. The van der Waals surface area contributed by atoms with Crippen LogP contribution in [0.25, 0.3) is 10.8 Å². The lowest BCUT2D eigenvalue weighted by atomic mass is 10.1. The standard InChI is InChI=1S/C16H20N2O3/c1-11-5-6-13-12(9-11)10-14(16(20)21)18(15(13)19)8-4-7-17(2)3/h5-6,9-10H,4,7-8H2,1-3H3,(H,20,21). The highest BCUT2D eigenvalue weighted by Crippen LogP contribution is 2.15. The fourth-order valence-electron chi connectivity index (χ4n) is 2.42. The number of carboxylic acids is 1. The molecule has 5 heteroatoms. The second-order valence-electron chi connectivity index (χ2n) is 5.54. The lowest BCUT2D eigenvalue weighted by Crippen LogP contribution is -2.27. The zero-order valence-electron chi connectivity index (χ0n) is 12.6. The summed E-state index contributed by atoms with van der Waals surface area (Å²) < 4.78 is 1.36. The van der Waals surface area contributed by atoms with Crippen molar-refractivity contribution in [3.8, 4) is 0 Å². The summed E-state index contributed by atoms with van der Waals surface area (Å²) in [4.78, 5) is 26.0. The Morgan fingerprint density at radius 2 is 2.00 bits per heavy atom. The van der Waals surface area contributed by atoms with E-state index < -0.39 is 5.97 Å². The summed E-state index contributed by atoms with van der Waals surface area (Å²) >= 11 is 0. The Labute approximate surface area is 123 Å². The number of aromatic carboxylic acids is 1. The fraction of sp³-hybridized carbons (Fsp3) is 0.375. The third-order valence-electron chi connectivity index (χ3n) is 3.47. The lowest BCUT2D eigenvalue weighted by molar-refractivity contribution is 0.0683. The van der Waals surface area contributed by atoms with Crippen LogP contribution in [0.15, 0.2) is 29.1 Å². The van der Waals surface area contributed by atoms with Crippen molar-refractivity contribution < 1.29 is 9.90 Å². The molecule has 0 fully saturated rings. The van der Waals surface area contributed by atoms with Gasteiger partial charge in [0.05, 0.1) is 0 Å². The smallest absolute Gasteiger partial charge is 0.352 e. The molecule has 21 heavy (non-hydrogen) atoms. The molecule has 1 aromatic carbocycles. The number of fused-ring (bicyclic) bond motifs is 1. The van der Waals surface area contributed by atoms with Crippen molar-refractivity contribution in [3.63, 3.8) is 0 Å². The van der Waals surface area contributed by atoms with Crippen molar-refractivity contribution in [3.05, 3.63) is 45.9 Å². The van der Waals surface area contributed by atoms with Gasteiger partial charge in [-0.2, -0.15) is 0 Å². The summed E-state index contributed by atoms with van der Waals surface area (Å²) in [6.45, 7) is 3.13. The molecule has 0 aliphatic heterocycles. The molecule has 1 N–H and O–H groups in total. The molecule has 0 saturated carbocycles. The van der Waals surface area contributed by atoms with Gasteiger partial charge in [0.1, 0.15) is 5.69 Å². The third-order valence-corrected chi connectivity index (χ3v) is 3.47. The van der Waals surface area contributed by atoms with Gasteiger partial charge < -0.3 is 14.6 Å². The molecule has 1 heterocycles. The number of carbonyl (C=O) groups is 1. The molecule has 112 valence electrons. The van der Waals surface area contributed by atoms with Crippen molar-refractivity contribution in [1.82, 2.24) is 9.47 Å². The van der Waals surface area contributed by atoms with Gasteiger partial charge in [0.2, 0.25) is 0 Å². The van der Waals surface area contributed by atoms with E-state index in [9.17, 15) is 14.7 Å². The first kappa shape index (κ1) is 15.3. The van der Waals surface area contributed by atoms with Crippen LogP contribution in [0.3, 0.4) is 0 Å². The van der Waals surface area contributed by atoms with Gasteiger partial charge in [0.15, 0.2) is 0 Å². The molecule has 0 aliphatic rings. The number of nitrogens with zero attached hydrogens (tertiary/aromatic N) is 2. The monoisotopic (exact) mass is 288 g/mol. The van der Waals surface area contributed by atoms with E-state index in [1.807, 2.05) is 38.1 Å². The van der Waals surface area contributed by atoms with E-state index in [0.29, 0.717) is 17.3 Å². The lowest BCUT2D eigenvalue weighted by Gasteiger charge is -2.14. The fourth-order valence-corrected chi connectivity index (χ4v) is 2.42. The molecule has 0 unspecified atom stereocenters. The Kier molecular flexibility index (Phi) is 4.43. The van der Waals surface area contributed by atoms with E-state index >= 15 is 0 Å². The van der Waals surface area contributed by atoms with Gasteiger partial charge >= 0.3 is 5.97 Å². The molecule has 2 aromatic rings. The highest BCUT2D eigenvalue weighted by atomic mass is 16.4. The Morgan fingerprint density at radius 1 is 1.29 bits per heavy atom. The molecule has 0 aliphatic carbocycles. The van der Waals surface area contributed by atoms with Gasteiger partial charge in [-0.05, 0) is 51.5 Å². The molecular formula is C16H20N2O3. The van der Waals surface area contributed by atoms with Crippen LogP contribution in [0.1, 0.15) is 22.5 Å². The van der Waals surface area contributed by atoms with Gasteiger partial charge in [-0.15, -0.1) is 0 Å². The number of aryl methyl sites for hydroxylation is 1. The maximum absolute atomic E-state index is 12.5. The predicted octanol–water partition coefficient (Wildman–Crippen LogP) is 1.96. The average Bonchev–Trinajstić information content (AvgIpc) is 2.40. The van der Waals surface area contributed by atoms with Gasteiger partial charge in [-0.3, -0.25) is 4.79 Å². The van der Waals surface area contributed by atoms with E-state index in [-0.39, 0.29) is 11.3 Å². The van der Waals surface area contributed by atoms with E-state index in [0.717, 1.165) is 18.5 Å². The summed E-state index contributed by atoms with van der Waals surface area (Å²) in [7, 11) is 3.90. The number of hydrogen-bond acceptors (Lipinski definition) is 3. The van der Waals surface area contributed by atoms with Crippen molar-refractivity contribution in [2.45, 2.75) is 19.9 Å². The van der Waals surface area contributed by atoms with Gasteiger partial charge in [-0.25, -0.2) is 4.79 Å². The largest absolute Gasteiger partial charge is 0.477 e. The van der Waals surface area contributed by atoms with Crippen molar-refractivity contribution >= 4 is 16.7 Å². The minimum Gasteiger partial charge on any atom is -0.477 e. The Balaban J connectivity index is 2.53. The minimum atomic E-state index is -1.07. The van der Waals surface area contributed by atoms with Crippen LogP contribution in [0.5, 0.6) is 0 Å². The van der Waals surface area contributed by atoms with Crippen LogP contribution >= 0.6 is 0 Å². The van der Waals surface area contributed by atoms with Crippen LogP contribution in [0, 0.1) is 6.92 Å². The van der Waals surface area contributed by atoms with Crippen LogP contribution in [-0.4, -0.2) is 41.2 Å². The quantitative estimate of drug-likeness (QED) is 0.913. The molecule has 0 spiro atoms. The molecular weight excluding hydrogens is 268 g/mol. The van der Waals surface area contributed by atoms with Gasteiger partial charge in [0, 0.05) is 11.9 Å². The highest BCUT2D eigenvalue weighted by molar-refractivity contribution is 5.92. The number of aromatic nitrogens is 1. The first-order valence-corrected chi connectivity index (χ1v) is 6.92. The van der Waals surface area contributed by atoms with E-state index in [1.54, 1.807) is 12.1 Å². The van der Waals surface area contributed by atoms with Gasteiger partial charge in [-0.1, -0.05) is 17.7 Å². The van der Waals surface area contributed by atoms with E-state index in [2.05, 4.69) is 0 Å². The molecule has 0 amide bonds. The Hall–Kier alpha value is -2.14. The number of pyridine rings is 1. The molecule has 5 nitrogen and oxygen atoms in total. The van der Waals surface area contributed by atoms with Crippen molar-refractivity contribution in [1.29, 1.82) is 0 Å². The first-order chi connectivity index (χ1) is 9.90. The normalized spacial score (nSPS) is 11.2. The SMILES string of the molecule is Cc1ccc2c(=O)n(CCCN(C)C)c(C(=O)O)cc2c1. The zero-order chi connectivity index (χ0) is 15.6. The van der Waals surface area contributed by atoms with E-state index in [1.165, 1.54) is 4.57 Å². The molecule has 0 bridgehead atoms. The molecule has 0 atom stereocenters. The van der Waals surface area contributed by atoms with Crippen LogP contribution in [0.4, 0.5) is 0 Å². The maximum Gasteiger partial charge on any atom is 0.352 e. The maximum atomic E-state index is 12.5. The van der Waals surface area contributed by atoms with Crippen LogP contribution < -0.4 is 5.56 Å². The highest BCUT2D eigenvalue weighted by Gasteiger charge is 2.14. The first-order valence-electron chi connectivity index (χ1n) is 6.92. The molecule has 1 aromatic heterocycles. The van der Waals surface area contributed by atoms with Crippen LogP contribution in [-0.2, 0) is 6.54 Å². The summed E-state index contributed by atoms with van der Waals surface area (Å²) in [6, 6.07) is 7.06. The number of hydrogen-bond donors (Lipinski definition) is 1. The average molecular weight is 288 g/mol. The van der Waals surface area contributed by atoms with Gasteiger partial charge in [0.25, 0.3) is 5.56 Å². The molecule has 2 rings (SSSR count). The second kappa shape index (κ2) is 6.10. The topological polar surface area (TPSA) is 62.5 Å². The van der Waals surface area contributed by atoms with E-state index in [4.69, 9.17) is 0 Å². The summed E-state index contributed by atoms with van der Waals surface area (Å²) in [6.07, 6.45) is 0.727. The van der Waals surface area contributed by atoms with Crippen molar-refractivity contribution in [2.75, 3.05) is 20.6 Å². The summed E-state index contributed by atoms with van der Waals surface area (Å²) in [5.41, 5.74) is 0.823. The summed E-state index contributed by atoms with van der Waals surface area (Å²) in [5, 5.41) is 10.6. The molecule has 0 radical (unpaired) electrons. The zero-order valence-corrected chi connectivity index (χ0v) is 12.6. The summed E-state index contributed by atoms with van der Waals surface area (Å²) in [5.74, 6) is -1.07. The Morgan fingerprint density at radius 3 is 2.62 bits per heavy atom. The number of benzene rings is 1. The second-order valence-corrected chi connectivity index (χ2v) is 5.54. The Bertz CT molecular complexity index is 732. The number of rotatable bonds is 5. The van der Waals surface area contributed by atoms with Crippen LogP contribution in [0.2, 0.25) is 0 Å². The predicted molar refractivity (Wildman–Crippen MR) is 83.1 cm³/mol.